The van der Waals surface area contributed by atoms with Crippen molar-refractivity contribution in [3.05, 3.63) is 59.3 Å². The number of hydrogen-bond donors (Lipinski definition) is 2. The zero-order valence-electron chi connectivity index (χ0n) is 25.9. The van der Waals surface area contributed by atoms with Crippen LogP contribution in [0.4, 0.5) is 5.69 Å². The first kappa shape index (κ1) is 31.7. The van der Waals surface area contributed by atoms with Gasteiger partial charge >= 0.3 is 0 Å². The number of carbonyl (C=O) groups is 1. The predicted octanol–water partition coefficient (Wildman–Crippen LogP) is 8.54. The first-order chi connectivity index (χ1) is 20.7. The number of nitrogens with zero attached hydrogens (tertiary/aromatic N) is 1. The van der Waals surface area contributed by atoms with Gasteiger partial charge in [-0.2, -0.15) is 0 Å². The molecule has 1 aromatic heterocycles. The molecule has 0 saturated carbocycles. The van der Waals surface area contributed by atoms with Crippen LogP contribution in [0.1, 0.15) is 107 Å². The second-order valence-electron chi connectivity index (χ2n) is 11.6. The highest BCUT2D eigenvalue weighted by molar-refractivity contribution is 5.93. The molecule has 0 spiro atoms. The third-order valence-electron chi connectivity index (χ3n) is 8.27. The molecule has 0 fully saturated rings. The molecule has 2 N–H and O–H groups in total. The molecule has 3 aromatic rings. The molecule has 1 aliphatic carbocycles. The minimum atomic E-state index is 0.119. The molecular formula is C36H51N3O3. The third kappa shape index (κ3) is 9.64. The van der Waals surface area contributed by atoms with Gasteiger partial charge < -0.3 is 20.1 Å². The summed E-state index contributed by atoms with van der Waals surface area (Å²) in [4.78, 5) is 17.2. The van der Waals surface area contributed by atoms with Crippen LogP contribution in [0.25, 0.3) is 10.9 Å². The average Bonchev–Trinajstić information content (AvgIpc) is 3.02. The van der Waals surface area contributed by atoms with E-state index < -0.39 is 0 Å². The summed E-state index contributed by atoms with van der Waals surface area (Å²) < 4.78 is 11.6. The second kappa shape index (κ2) is 17.6. The molecule has 0 unspecified atom stereocenters. The zero-order chi connectivity index (χ0) is 29.4. The molecule has 1 aliphatic rings. The van der Waals surface area contributed by atoms with Gasteiger partial charge in [0.25, 0.3) is 0 Å². The van der Waals surface area contributed by atoms with E-state index in [0.29, 0.717) is 19.6 Å². The lowest BCUT2D eigenvalue weighted by Gasteiger charge is -2.21. The predicted molar refractivity (Wildman–Crippen MR) is 174 cm³/mol. The van der Waals surface area contributed by atoms with Crippen LogP contribution in [0.2, 0.25) is 0 Å². The van der Waals surface area contributed by atoms with E-state index in [4.69, 9.17) is 14.5 Å². The standard InChI is InChI=1S/C36H51N3O3/c1-3-4-5-6-7-10-21-35(40)38-27-28-22-23-33(34(26-28)41-2)42-25-16-9-8-15-24-37-36-29-17-11-13-19-31(29)39-32-20-14-12-18-30(32)36/h11,13,17,19,22-23,26H,3-10,12,14-16,18,20-21,24-25,27H2,1-2H3,(H,37,39)(H,38,40). The Balaban J connectivity index is 1.12. The molecular weight excluding hydrogens is 522 g/mol. The van der Waals surface area contributed by atoms with Gasteiger partial charge in [-0.25, -0.2) is 0 Å². The number of unbranched alkanes of at least 4 members (excludes halogenated alkanes) is 8. The van der Waals surface area contributed by atoms with Crippen molar-refractivity contribution in [2.24, 2.45) is 0 Å². The fourth-order valence-electron chi connectivity index (χ4n) is 5.85. The quantitative estimate of drug-likeness (QED) is 0.141. The van der Waals surface area contributed by atoms with Crippen LogP contribution >= 0.6 is 0 Å². The molecule has 4 rings (SSSR count). The Kier molecular flexibility index (Phi) is 13.3. The van der Waals surface area contributed by atoms with E-state index in [1.165, 1.54) is 60.9 Å². The van der Waals surface area contributed by atoms with Gasteiger partial charge in [-0.3, -0.25) is 9.78 Å². The SMILES string of the molecule is CCCCCCCCC(=O)NCc1ccc(OCCCCCCNc2c3c(nc4ccccc24)CCCC3)c(OC)c1. The first-order valence-corrected chi connectivity index (χ1v) is 16.4. The maximum Gasteiger partial charge on any atom is 0.220 e. The largest absolute Gasteiger partial charge is 0.493 e. The van der Waals surface area contributed by atoms with Gasteiger partial charge in [0.15, 0.2) is 11.5 Å². The molecule has 0 atom stereocenters. The van der Waals surface area contributed by atoms with E-state index in [1.54, 1.807) is 7.11 Å². The summed E-state index contributed by atoms with van der Waals surface area (Å²) in [5.74, 6) is 1.60. The number of carbonyl (C=O) groups excluding carboxylic acids is 1. The van der Waals surface area contributed by atoms with Crippen LogP contribution in [0.5, 0.6) is 11.5 Å². The molecule has 1 amide bonds. The number of ether oxygens (including phenoxy) is 2. The number of methoxy groups -OCH3 is 1. The summed E-state index contributed by atoms with van der Waals surface area (Å²) in [6.07, 6.45) is 16.9. The van der Waals surface area contributed by atoms with E-state index in [-0.39, 0.29) is 5.91 Å². The number of fused-ring (bicyclic) bond motifs is 2. The van der Waals surface area contributed by atoms with Gasteiger partial charge in [-0.1, -0.05) is 76.1 Å². The highest BCUT2D eigenvalue weighted by Crippen LogP contribution is 2.33. The molecule has 42 heavy (non-hydrogen) atoms. The highest BCUT2D eigenvalue weighted by atomic mass is 16.5. The lowest BCUT2D eigenvalue weighted by Crippen LogP contribution is -2.22. The van der Waals surface area contributed by atoms with Gasteiger partial charge in [0.05, 0.1) is 19.2 Å². The summed E-state index contributed by atoms with van der Waals surface area (Å²) in [7, 11) is 1.67. The average molecular weight is 574 g/mol. The van der Waals surface area contributed by atoms with E-state index >= 15 is 0 Å². The second-order valence-corrected chi connectivity index (χ2v) is 11.6. The van der Waals surface area contributed by atoms with Crippen molar-refractivity contribution >= 4 is 22.5 Å². The summed E-state index contributed by atoms with van der Waals surface area (Å²) in [6.45, 7) is 4.38. The number of aryl methyl sites for hydroxylation is 1. The number of para-hydroxylation sites is 1. The number of pyridine rings is 1. The first-order valence-electron chi connectivity index (χ1n) is 16.4. The summed E-state index contributed by atoms with van der Waals surface area (Å²) >= 11 is 0. The summed E-state index contributed by atoms with van der Waals surface area (Å²) in [5.41, 5.74) is 6.16. The number of hydrogen-bond acceptors (Lipinski definition) is 5. The Hall–Kier alpha value is -3.28. The van der Waals surface area contributed by atoms with Crippen molar-refractivity contribution in [3.8, 4) is 11.5 Å². The van der Waals surface area contributed by atoms with Gasteiger partial charge in [0.1, 0.15) is 0 Å². The molecule has 0 radical (unpaired) electrons. The van der Waals surface area contributed by atoms with Crippen molar-refractivity contribution < 1.29 is 14.3 Å². The normalized spacial score (nSPS) is 12.6. The Bertz CT molecular complexity index is 1260. The molecule has 6 heteroatoms. The number of amides is 1. The van der Waals surface area contributed by atoms with Gasteiger partial charge in [-0.15, -0.1) is 0 Å². The van der Waals surface area contributed by atoms with Crippen LogP contribution in [0, 0.1) is 0 Å². The van der Waals surface area contributed by atoms with Crippen molar-refractivity contribution in [2.75, 3.05) is 25.6 Å². The zero-order valence-corrected chi connectivity index (χ0v) is 25.9. The van der Waals surface area contributed by atoms with Crippen LogP contribution < -0.4 is 20.1 Å². The Morgan fingerprint density at radius 1 is 0.881 bits per heavy atom. The minimum Gasteiger partial charge on any atom is -0.493 e. The Labute approximate surface area is 253 Å². The number of rotatable bonds is 19. The number of benzene rings is 2. The summed E-state index contributed by atoms with van der Waals surface area (Å²) in [5, 5.41) is 8.07. The van der Waals surface area contributed by atoms with E-state index in [2.05, 4.69) is 41.8 Å². The van der Waals surface area contributed by atoms with Gasteiger partial charge in [0, 0.05) is 36.3 Å². The number of anilines is 1. The fraction of sp³-hybridized carbons (Fsp3) is 0.556. The Morgan fingerprint density at radius 2 is 1.67 bits per heavy atom. The molecule has 1 heterocycles. The Morgan fingerprint density at radius 3 is 2.55 bits per heavy atom. The molecule has 6 nitrogen and oxygen atoms in total. The monoisotopic (exact) mass is 573 g/mol. The topological polar surface area (TPSA) is 72.5 Å². The molecule has 228 valence electrons. The smallest absolute Gasteiger partial charge is 0.220 e. The minimum absolute atomic E-state index is 0.119. The van der Waals surface area contributed by atoms with Crippen molar-refractivity contribution in [1.82, 2.24) is 10.3 Å². The van der Waals surface area contributed by atoms with E-state index in [9.17, 15) is 4.79 Å². The lowest BCUT2D eigenvalue weighted by molar-refractivity contribution is -0.121. The maximum absolute atomic E-state index is 12.2. The summed E-state index contributed by atoms with van der Waals surface area (Å²) in [6, 6.07) is 14.5. The molecule has 0 bridgehead atoms. The van der Waals surface area contributed by atoms with E-state index in [0.717, 1.165) is 80.5 Å². The van der Waals surface area contributed by atoms with E-state index in [1.807, 2.05) is 18.2 Å². The maximum atomic E-state index is 12.2. The van der Waals surface area contributed by atoms with Gasteiger partial charge in [0.2, 0.25) is 5.91 Å². The van der Waals surface area contributed by atoms with Crippen molar-refractivity contribution in [3.63, 3.8) is 0 Å². The molecule has 0 saturated heterocycles. The van der Waals surface area contributed by atoms with Gasteiger partial charge in [-0.05, 0) is 74.3 Å². The van der Waals surface area contributed by atoms with Crippen LogP contribution in [0.3, 0.4) is 0 Å². The number of aromatic nitrogens is 1. The van der Waals surface area contributed by atoms with Crippen LogP contribution in [-0.2, 0) is 24.2 Å². The lowest BCUT2D eigenvalue weighted by atomic mass is 9.92. The fourth-order valence-corrected chi connectivity index (χ4v) is 5.85. The molecule has 2 aromatic carbocycles. The van der Waals surface area contributed by atoms with Crippen LogP contribution in [-0.4, -0.2) is 31.2 Å². The van der Waals surface area contributed by atoms with Crippen molar-refractivity contribution in [1.29, 1.82) is 0 Å². The highest BCUT2D eigenvalue weighted by Gasteiger charge is 2.17. The third-order valence-corrected chi connectivity index (χ3v) is 8.27. The molecule has 0 aliphatic heterocycles. The van der Waals surface area contributed by atoms with Crippen LogP contribution in [0.15, 0.2) is 42.5 Å². The number of nitrogens with one attached hydrogen (secondary N) is 2. The van der Waals surface area contributed by atoms with Crippen molar-refractivity contribution in [2.45, 2.75) is 110 Å².